The number of halogens is 3. The van der Waals surface area contributed by atoms with Crippen LogP contribution in [0.2, 0.25) is 0 Å². The van der Waals surface area contributed by atoms with Gasteiger partial charge in [-0.1, -0.05) is 6.07 Å². The van der Waals surface area contributed by atoms with Gasteiger partial charge in [-0.3, -0.25) is 9.48 Å². The van der Waals surface area contributed by atoms with Crippen LogP contribution >= 0.6 is 0 Å². The van der Waals surface area contributed by atoms with Gasteiger partial charge in [-0.2, -0.15) is 18.3 Å². The van der Waals surface area contributed by atoms with E-state index in [0.29, 0.717) is 10.9 Å². The molecular weight excluding hydrogens is 449 g/mol. The standard InChI is InChI=1S/C24H25F3N4O3/c1-23(2,34)17-11-20-15(12-28-31(20)16-8-6-14(13-32)7-9-16)10-19(17)30-22(33)18-4-3-5-21(29-18)24(25,26)27/h3-5,10-14,16,34H,6-9H2,1-2H3,(H,30,33). The van der Waals surface area contributed by atoms with Crippen LogP contribution in [-0.4, -0.2) is 32.1 Å². The van der Waals surface area contributed by atoms with E-state index in [9.17, 15) is 27.9 Å². The van der Waals surface area contributed by atoms with Crippen LogP contribution in [0.25, 0.3) is 10.9 Å². The molecule has 0 aliphatic heterocycles. The second-order valence-electron chi connectivity index (χ2n) is 9.17. The molecule has 7 nitrogen and oxygen atoms in total. The van der Waals surface area contributed by atoms with Crippen molar-refractivity contribution in [2.45, 2.75) is 57.3 Å². The monoisotopic (exact) mass is 474 g/mol. The molecule has 1 aliphatic rings. The molecule has 2 aromatic heterocycles. The van der Waals surface area contributed by atoms with Crippen LogP contribution in [0, 0.1) is 5.92 Å². The predicted molar refractivity (Wildman–Crippen MR) is 119 cm³/mol. The Balaban J connectivity index is 1.68. The van der Waals surface area contributed by atoms with Gasteiger partial charge in [-0.15, -0.1) is 0 Å². The molecule has 1 amide bonds. The number of aldehydes is 1. The molecule has 0 saturated heterocycles. The molecule has 2 heterocycles. The van der Waals surface area contributed by atoms with Gasteiger partial charge in [0.15, 0.2) is 0 Å². The smallest absolute Gasteiger partial charge is 0.386 e. The van der Waals surface area contributed by atoms with Crippen LogP contribution in [0.5, 0.6) is 0 Å². The van der Waals surface area contributed by atoms with Crippen LogP contribution in [0.1, 0.15) is 67.3 Å². The Morgan fingerprint density at radius 3 is 2.50 bits per heavy atom. The van der Waals surface area contributed by atoms with Crippen molar-refractivity contribution in [2.75, 3.05) is 5.32 Å². The third kappa shape index (κ3) is 4.82. The van der Waals surface area contributed by atoms with Gasteiger partial charge >= 0.3 is 6.18 Å². The highest BCUT2D eigenvalue weighted by Gasteiger charge is 2.33. The molecule has 1 fully saturated rings. The third-order valence-corrected chi connectivity index (χ3v) is 6.19. The van der Waals surface area contributed by atoms with Gasteiger partial charge in [0.25, 0.3) is 5.91 Å². The minimum atomic E-state index is -4.67. The van der Waals surface area contributed by atoms with Crippen LogP contribution < -0.4 is 5.32 Å². The summed E-state index contributed by atoms with van der Waals surface area (Å²) in [5, 5.41) is 18.6. The zero-order valence-corrected chi connectivity index (χ0v) is 18.8. The number of pyridine rings is 1. The number of benzene rings is 1. The van der Waals surface area contributed by atoms with Crippen molar-refractivity contribution in [1.29, 1.82) is 0 Å². The number of aliphatic hydroxyl groups is 1. The average molecular weight is 474 g/mol. The largest absolute Gasteiger partial charge is 0.433 e. The number of carbonyl (C=O) groups is 2. The molecule has 0 atom stereocenters. The SMILES string of the molecule is CC(C)(O)c1cc2c(cnn2C2CCC(C=O)CC2)cc1NC(=O)c1cccc(C(F)(F)F)n1. The quantitative estimate of drug-likeness (QED) is 0.515. The van der Waals surface area contributed by atoms with E-state index in [1.807, 2.05) is 4.68 Å². The second kappa shape index (κ2) is 8.83. The number of rotatable bonds is 5. The third-order valence-electron chi connectivity index (χ3n) is 6.19. The normalized spacial score (nSPS) is 19.2. The van der Waals surface area contributed by atoms with Gasteiger partial charge in [0.05, 0.1) is 23.4 Å². The summed E-state index contributed by atoms with van der Waals surface area (Å²) in [7, 11) is 0. The molecule has 0 radical (unpaired) electrons. The van der Waals surface area contributed by atoms with Crippen LogP contribution in [0.4, 0.5) is 18.9 Å². The highest BCUT2D eigenvalue weighted by Crippen LogP contribution is 2.37. The first-order chi connectivity index (χ1) is 16.0. The Hall–Kier alpha value is -3.27. The van der Waals surface area contributed by atoms with E-state index in [2.05, 4.69) is 15.4 Å². The first kappa shape index (κ1) is 23.9. The number of amides is 1. The molecule has 34 heavy (non-hydrogen) atoms. The molecule has 0 unspecified atom stereocenters. The lowest BCUT2D eigenvalue weighted by Gasteiger charge is -2.27. The number of hydrogen-bond donors (Lipinski definition) is 2. The van der Waals surface area contributed by atoms with Crippen molar-refractivity contribution in [2.24, 2.45) is 5.92 Å². The lowest BCUT2D eigenvalue weighted by molar-refractivity contribution is -0.141. The number of aromatic nitrogens is 3. The number of carbonyl (C=O) groups excluding carboxylic acids is 2. The summed E-state index contributed by atoms with van der Waals surface area (Å²) in [6.07, 6.45) is 1.14. The van der Waals surface area contributed by atoms with Crippen LogP contribution in [-0.2, 0) is 16.6 Å². The molecule has 10 heteroatoms. The second-order valence-corrected chi connectivity index (χ2v) is 9.17. The Morgan fingerprint density at radius 1 is 1.18 bits per heavy atom. The number of fused-ring (bicyclic) bond motifs is 1. The first-order valence-corrected chi connectivity index (χ1v) is 11.0. The average Bonchev–Trinajstić information content (AvgIpc) is 3.20. The zero-order chi connectivity index (χ0) is 24.7. The van der Waals surface area contributed by atoms with Gasteiger partial charge in [0, 0.05) is 22.6 Å². The molecule has 1 saturated carbocycles. The van der Waals surface area contributed by atoms with E-state index < -0.39 is 23.4 Å². The van der Waals surface area contributed by atoms with E-state index in [-0.39, 0.29) is 23.3 Å². The lowest BCUT2D eigenvalue weighted by atomic mass is 9.87. The summed E-state index contributed by atoms with van der Waals surface area (Å²) in [4.78, 5) is 27.3. The summed E-state index contributed by atoms with van der Waals surface area (Å²) in [5.41, 5.74) is -1.50. The van der Waals surface area contributed by atoms with Gasteiger partial charge in [-0.05, 0) is 63.8 Å². The van der Waals surface area contributed by atoms with E-state index >= 15 is 0 Å². The van der Waals surface area contributed by atoms with Gasteiger partial charge in [0.1, 0.15) is 17.7 Å². The topological polar surface area (TPSA) is 97.1 Å². The molecule has 2 N–H and O–H groups in total. The van der Waals surface area contributed by atoms with Crippen LogP contribution in [0.15, 0.2) is 36.5 Å². The minimum Gasteiger partial charge on any atom is -0.386 e. The van der Waals surface area contributed by atoms with Crippen molar-refractivity contribution < 1.29 is 27.9 Å². The Kier molecular flexibility index (Phi) is 6.20. The van der Waals surface area contributed by atoms with Crippen molar-refractivity contribution in [1.82, 2.24) is 14.8 Å². The molecule has 3 aromatic rings. The molecular formula is C24H25F3N4O3. The lowest BCUT2D eigenvalue weighted by Crippen LogP contribution is -2.23. The molecule has 4 rings (SSSR count). The molecule has 0 spiro atoms. The Labute approximate surface area is 194 Å². The van der Waals surface area contributed by atoms with Gasteiger partial charge in [0.2, 0.25) is 0 Å². The Bertz CT molecular complexity index is 1220. The van der Waals surface area contributed by atoms with Crippen molar-refractivity contribution >= 4 is 28.8 Å². The minimum absolute atomic E-state index is 0.0660. The number of nitrogens with zero attached hydrogens (tertiary/aromatic N) is 3. The van der Waals surface area contributed by atoms with Crippen molar-refractivity contribution in [3.8, 4) is 0 Å². The van der Waals surface area contributed by atoms with E-state index in [1.54, 1.807) is 32.2 Å². The van der Waals surface area contributed by atoms with E-state index in [4.69, 9.17) is 0 Å². The highest BCUT2D eigenvalue weighted by molar-refractivity contribution is 6.04. The van der Waals surface area contributed by atoms with Crippen LogP contribution in [0.3, 0.4) is 0 Å². The molecule has 1 aliphatic carbocycles. The predicted octanol–water partition coefficient (Wildman–Crippen LogP) is 4.86. The zero-order valence-electron chi connectivity index (χ0n) is 18.8. The van der Waals surface area contributed by atoms with Gasteiger partial charge < -0.3 is 15.2 Å². The number of nitrogens with one attached hydrogen (secondary N) is 1. The summed E-state index contributed by atoms with van der Waals surface area (Å²) < 4.78 is 40.9. The maximum atomic E-state index is 13.0. The van der Waals surface area contributed by atoms with E-state index in [0.717, 1.165) is 49.6 Å². The first-order valence-electron chi connectivity index (χ1n) is 11.0. The maximum absolute atomic E-state index is 13.0. The summed E-state index contributed by atoms with van der Waals surface area (Å²) in [6, 6.07) is 6.60. The number of hydrogen-bond acceptors (Lipinski definition) is 5. The number of alkyl halides is 3. The van der Waals surface area contributed by atoms with Crippen molar-refractivity contribution in [3.05, 3.63) is 53.5 Å². The summed E-state index contributed by atoms with van der Waals surface area (Å²) in [6.45, 7) is 3.12. The summed E-state index contributed by atoms with van der Waals surface area (Å²) >= 11 is 0. The highest BCUT2D eigenvalue weighted by atomic mass is 19.4. The fourth-order valence-corrected chi connectivity index (χ4v) is 4.38. The fraction of sp³-hybridized carbons (Fsp3) is 0.417. The Morgan fingerprint density at radius 2 is 1.88 bits per heavy atom. The van der Waals surface area contributed by atoms with Gasteiger partial charge in [-0.25, -0.2) is 4.98 Å². The number of anilines is 1. The van der Waals surface area contributed by atoms with Crippen molar-refractivity contribution in [3.63, 3.8) is 0 Å². The molecule has 180 valence electrons. The fourth-order valence-electron chi connectivity index (χ4n) is 4.38. The van der Waals surface area contributed by atoms with E-state index in [1.165, 1.54) is 6.07 Å². The molecule has 0 bridgehead atoms. The molecule has 1 aromatic carbocycles. The maximum Gasteiger partial charge on any atom is 0.433 e. The summed E-state index contributed by atoms with van der Waals surface area (Å²) in [5.74, 6) is -0.758.